The number of anilines is 1. The first kappa shape index (κ1) is 16.0. The number of benzene rings is 1. The quantitative estimate of drug-likeness (QED) is 0.773. The van der Waals surface area contributed by atoms with Gasteiger partial charge in [0.25, 0.3) is 0 Å². The van der Waals surface area contributed by atoms with Crippen LogP contribution in [0.3, 0.4) is 0 Å². The van der Waals surface area contributed by atoms with Crippen LogP contribution in [-0.2, 0) is 0 Å². The van der Waals surface area contributed by atoms with Gasteiger partial charge in [0.2, 0.25) is 0 Å². The number of hydrogen-bond acceptors (Lipinski definition) is 2. The maximum Gasteiger partial charge on any atom is 0.336 e. The summed E-state index contributed by atoms with van der Waals surface area (Å²) in [6, 6.07) is 4.61. The van der Waals surface area contributed by atoms with Gasteiger partial charge in [-0.3, -0.25) is 0 Å². The van der Waals surface area contributed by atoms with Crippen molar-refractivity contribution in [2.24, 2.45) is 5.92 Å². The molecule has 0 saturated carbocycles. The van der Waals surface area contributed by atoms with Crippen molar-refractivity contribution in [2.45, 2.75) is 40.2 Å². The van der Waals surface area contributed by atoms with E-state index in [0.29, 0.717) is 17.2 Å². The third-order valence-electron chi connectivity index (χ3n) is 3.37. The fourth-order valence-electron chi connectivity index (χ4n) is 2.07. The molecule has 0 aliphatic heterocycles. The van der Waals surface area contributed by atoms with Crippen LogP contribution < -0.4 is 10.6 Å². The lowest BCUT2D eigenvalue weighted by molar-refractivity contribution is 0.0696. The van der Waals surface area contributed by atoms with Crippen LogP contribution in [0.5, 0.6) is 0 Å². The average molecular weight is 278 g/mol. The summed E-state index contributed by atoms with van der Waals surface area (Å²) in [5, 5.41) is 14.7. The molecule has 0 aromatic heterocycles. The van der Waals surface area contributed by atoms with Gasteiger partial charge in [-0.15, -0.1) is 0 Å². The van der Waals surface area contributed by atoms with Crippen molar-refractivity contribution >= 4 is 17.7 Å². The van der Waals surface area contributed by atoms with Gasteiger partial charge in [0.1, 0.15) is 0 Å². The Morgan fingerprint density at radius 2 is 1.95 bits per heavy atom. The van der Waals surface area contributed by atoms with Crippen LogP contribution in [0.25, 0.3) is 0 Å². The Balaban J connectivity index is 2.81. The second-order valence-electron chi connectivity index (χ2n) is 5.14. The first-order valence-corrected chi connectivity index (χ1v) is 6.77. The highest BCUT2D eigenvalue weighted by atomic mass is 16.4. The number of hydrogen-bond donors (Lipinski definition) is 3. The number of urea groups is 1. The maximum atomic E-state index is 11.9. The van der Waals surface area contributed by atoms with E-state index in [4.69, 9.17) is 5.11 Å². The van der Waals surface area contributed by atoms with Gasteiger partial charge in [0, 0.05) is 11.7 Å². The molecular weight excluding hydrogens is 256 g/mol. The van der Waals surface area contributed by atoms with Crippen LogP contribution in [0.2, 0.25) is 0 Å². The molecule has 0 saturated heterocycles. The van der Waals surface area contributed by atoms with E-state index >= 15 is 0 Å². The van der Waals surface area contributed by atoms with Crippen molar-refractivity contribution in [1.29, 1.82) is 0 Å². The van der Waals surface area contributed by atoms with E-state index in [9.17, 15) is 9.59 Å². The number of amides is 2. The summed E-state index contributed by atoms with van der Waals surface area (Å²) in [6.45, 7) is 7.79. The summed E-state index contributed by atoms with van der Waals surface area (Å²) < 4.78 is 0. The zero-order valence-corrected chi connectivity index (χ0v) is 12.4. The molecule has 5 nitrogen and oxygen atoms in total. The Bertz CT molecular complexity index is 498. The molecule has 1 aromatic carbocycles. The summed E-state index contributed by atoms with van der Waals surface area (Å²) in [6.07, 6.45) is 0.846. The standard InChI is InChI=1S/C15H22N2O3/c1-5-12(9(2)3)16-15(20)17-13-8-6-7-11(10(13)4)14(18)19/h6-9,12H,5H2,1-4H3,(H,18,19)(H2,16,17,20). The Kier molecular flexibility index (Phi) is 5.55. The molecule has 20 heavy (non-hydrogen) atoms. The van der Waals surface area contributed by atoms with Crippen molar-refractivity contribution in [2.75, 3.05) is 5.32 Å². The van der Waals surface area contributed by atoms with Crippen molar-refractivity contribution < 1.29 is 14.7 Å². The van der Waals surface area contributed by atoms with Gasteiger partial charge < -0.3 is 15.7 Å². The fraction of sp³-hybridized carbons (Fsp3) is 0.467. The Morgan fingerprint density at radius 3 is 2.45 bits per heavy atom. The van der Waals surface area contributed by atoms with E-state index in [2.05, 4.69) is 10.6 Å². The average Bonchev–Trinajstić information content (AvgIpc) is 2.37. The molecule has 5 heteroatoms. The van der Waals surface area contributed by atoms with Crippen LogP contribution in [0.1, 0.15) is 43.1 Å². The van der Waals surface area contributed by atoms with E-state index in [-0.39, 0.29) is 17.6 Å². The van der Waals surface area contributed by atoms with E-state index < -0.39 is 5.97 Å². The van der Waals surface area contributed by atoms with Crippen LogP contribution in [0.4, 0.5) is 10.5 Å². The van der Waals surface area contributed by atoms with E-state index in [1.54, 1.807) is 19.1 Å². The monoisotopic (exact) mass is 278 g/mol. The predicted molar refractivity (Wildman–Crippen MR) is 79.2 cm³/mol. The lowest BCUT2D eigenvalue weighted by Gasteiger charge is -2.21. The summed E-state index contributed by atoms with van der Waals surface area (Å²) in [5.74, 6) is -0.655. The lowest BCUT2D eigenvalue weighted by atomic mass is 10.0. The van der Waals surface area contributed by atoms with Crippen LogP contribution in [0, 0.1) is 12.8 Å². The molecule has 0 heterocycles. The Labute approximate surface area is 119 Å². The van der Waals surface area contributed by atoms with Gasteiger partial charge in [0.05, 0.1) is 5.56 Å². The highest BCUT2D eigenvalue weighted by Gasteiger charge is 2.16. The smallest absolute Gasteiger partial charge is 0.336 e. The van der Waals surface area contributed by atoms with Crippen molar-refractivity contribution in [3.8, 4) is 0 Å². The van der Waals surface area contributed by atoms with E-state index in [1.807, 2.05) is 20.8 Å². The van der Waals surface area contributed by atoms with Crippen molar-refractivity contribution in [3.63, 3.8) is 0 Å². The minimum atomic E-state index is -1.000. The molecule has 110 valence electrons. The number of rotatable bonds is 5. The molecule has 2 amide bonds. The molecule has 1 aromatic rings. The molecule has 0 radical (unpaired) electrons. The number of carboxylic acid groups (broad SMARTS) is 1. The summed E-state index contributed by atoms with van der Waals surface area (Å²) >= 11 is 0. The number of aromatic carboxylic acids is 1. The molecule has 0 aliphatic carbocycles. The lowest BCUT2D eigenvalue weighted by Crippen LogP contribution is -2.40. The SMILES string of the molecule is CCC(NC(=O)Nc1cccc(C(=O)O)c1C)C(C)C. The summed E-state index contributed by atoms with van der Waals surface area (Å²) in [4.78, 5) is 23.0. The van der Waals surface area contributed by atoms with Gasteiger partial charge in [-0.05, 0) is 37.0 Å². The highest BCUT2D eigenvalue weighted by molar-refractivity contribution is 5.95. The van der Waals surface area contributed by atoms with Gasteiger partial charge in [-0.2, -0.15) is 0 Å². The minimum absolute atomic E-state index is 0.0953. The molecule has 0 aliphatic rings. The van der Waals surface area contributed by atoms with Crippen LogP contribution in [-0.4, -0.2) is 23.1 Å². The number of carbonyl (C=O) groups excluding carboxylic acids is 1. The van der Waals surface area contributed by atoms with E-state index in [0.717, 1.165) is 6.42 Å². The third-order valence-corrected chi connectivity index (χ3v) is 3.37. The minimum Gasteiger partial charge on any atom is -0.478 e. The molecule has 1 atom stereocenters. The molecule has 1 rings (SSSR count). The highest BCUT2D eigenvalue weighted by Crippen LogP contribution is 2.19. The fourth-order valence-corrected chi connectivity index (χ4v) is 2.07. The maximum absolute atomic E-state index is 11.9. The third kappa shape index (κ3) is 3.98. The Morgan fingerprint density at radius 1 is 1.30 bits per heavy atom. The number of nitrogens with one attached hydrogen (secondary N) is 2. The first-order chi connectivity index (χ1) is 9.36. The van der Waals surface area contributed by atoms with Crippen molar-refractivity contribution in [1.82, 2.24) is 5.32 Å². The van der Waals surface area contributed by atoms with Gasteiger partial charge >= 0.3 is 12.0 Å². The van der Waals surface area contributed by atoms with Gasteiger partial charge in [0.15, 0.2) is 0 Å². The Hall–Kier alpha value is -2.04. The molecule has 0 fully saturated rings. The van der Waals surface area contributed by atoms with Gasteiger partial charge in [-0.1, -0.05) is 26.8 Å². The molecule has 0 bridgehead atoms. The normalized spacial score (nSPS) is 12.1. The molecule has 3 N–H and O–H groups in total. The zero-order valence-electron chi connectivity index (χ0n) is 12.4. The number of carboxylic acids is 1. The number of carbonyl (C=O) groups is 2. The second-order valence-corrected chi connectivity index (χ2v) is 5.14. The van der Waals surface area contributed by atoms with Crippen LogP contribution in [0.15, 0.2) is 18.2 Å². The molecule has 1 unspecified atom stereocenters. The molecular formula is C15H22N2O3. The van der Waals surface area contributed by atoms with Crippen molar-refractivity contribution in [3.05, 3.63) is 29.3 Å². The zero-order chi connectivity index (χ0) is 15.3. The van der Waals surface area contributed by atoms with Crippen LogP contribution >= 0.6 is 0 Å². The largest absolute Gasteiger partial charge is 0.478 e. The van der Waals surface area contributed by atoms with Gasteiger partial charge in [-0.25, -0.2) is 9.59 Å². The second kappa shape index (κ2) is 6.93. The van der Waals surface area contributed by atoms with E-state index in [1.165, 1.54) is 6.07 Å². The molecule has 0 spiro atoms. The first-order valence-electron chi connectivity index (χ1n) is 6.77. The topological polar surface area (TPSA) is 78.4 Å². The summed E-state index contributed by atoms with van der Waals surface area (Å²) in [7, 11) is 0. The summed E-state index contributed by atoms with van der Waals surface area (Å²) in [5.41, 5.74) is 1.26. The predicted octanol–water partition coefficient (Wildman–Crippen LogP) is 3.25.